The van der Waals surface area contributed by atoms with Crippen LogP contribution >= 0.6 is 0 Å². The molecule has 0 spiro atoms. The minimum absolute atomic E-state index is 0.189. The van der Waals surface area contributed by atoms with Gasteiger partial charge in [-0.1, -0.05) is 139 Å². The van der Waals surface area contributed by atoms with Crippen LogP contribution in [0.2, 0.25) is 0 Å². The SMILES string of the molecule is CCCCC(CC)CN1C(=O)C2=C(c3ccc(-c4ccc(N(c5ccccc5)c5ccccc5)cc4)o3)N(CC(CC)CCCC)C(=O)C2=C1c1ccc(-c2ccc(N(c3ccccc3)c3ccccc3)cc2)o1. The molecule has 2 unspecified atom stereocenters. The summed E-state index contributed by atoms with van der Waals surface area (Å²) in [7, 11) is 0. The number of rotatable bonds is 22. The first-order valence-electron chi connectivity index (χ1n) is 26.7. The first-order valence-corrected chi connectivity index (χ1v) is 26.7. The predicted octanol–water partition coefficient (Wildman–Crippen LogP) is 17.4. The Hall–Kier alpha value is -8.10. The molecule has 0 N–H and O–H groups in total. The van der Waals surface area contributed by atoms with Gasteiger partial charge in [0, 0.05) is 58.3 Å². The molecule has 2 aliphatic rings. The topological polar surface area (TPSA) is 73.4 Å². The van der Waals surface area contributed by atoms with Crippen LogP contribution in [0.5, 0.6) is 0 Å². The van der Waals surface area contributed by atoms with E-state index in [2.05, 4.69) is 135 Å². The second kappa shape index (κ2) is 22.8. The molecule has 2 aliphatic heterocycles. The van der Waals surface area contributed by atoms with Crippen LogP contribution in [0, 0.1) is 11.8 Å². The van der Waals surface area contributed by atoms with Crippen molar-refractivity contribution in [2.45, 2.75) is 79.1 Å². The summed E-state index contributed by atoms with van der Waals surface area (Å²) in [6.07, 6.45) is 8.01. The van der Waals surface area contributed by atoms with E-state index in [0.717, 1.165) is 96.6 Å². The highest BCUT2D eigenvalue weighted by molar-refractivity contribution is 6.30. The van der Waals surface area contributed by atoms with Gasteiger partial charge in [0.15, 0.2) is 11.5 Å². The highest BCUT2D eigenvalue weighted by Gasteiger charge is 2.51. The minimum Gasteiger partial charge on any atom is -0.455 e. The van der Waals surface area contributed by atoms with Gasteiger partial charge in [0.1, 0.15) is 22.9 Å². The molecule has 8 nitrogen and oxygen atoms in total. The smallest absolute Gasteiger partial charge is 0.261 e. The fourth-order valence-corrected chi connectivity index (χ4v) is 10.6. The van der Waals surface area contributed by atoms with Gasteiger partial charge in [-0.15, -0.1) is 0 Å². The van der Waals surface area contributed by atoms with Crippen molar-refractivity contribution in [3.63, 3.8) is 0 Å². The monoisotopic (exact) mass is 979 g/mol. The molecule has 2 amide bonds. The third-order valence-corrected chi connectivity index (χ3v) is 14.7. The number of anilines is 6. The molecular weight excluding hydrogens is 913 g/mol. The highest BCUT2D eigenvalue weighted by atomic mass is 16.3. The Bertz CT molecular complexity index is 2910. The predicted molar refractivity (Wildman–Crippen MR) is 302 cm³/mol. The largest absolute Gasteiger partial charge is 0.455 e. The number of fused-ring (bicyclic) bond motifs is 1. The normalized spacial score (nSPS) is 14.3. The maximum absolute atomic E-state index is 15.5. The summed E-state index contributed by atoms with van der Waals surface area (Å²) in [5.41, 5.74) is 9.87. The third kappa shape index (κ3) is 10.1. The standard InChI is InChI=1S/C66H66N4O4/c1-5-9-23-47(7-3)45-67-63(59-43-41-57(73-59)49-33-37-55(38-34-49)69(51-25-15-11-16-26-51)52-27-17-12-18-28-52)61-62(65(67)71)64(68(66(61)72)46-48(8-4)24-10-6-2)60-44-42-58(74-60)50-35-39-56(40-36-50)70(53-29-19-13-20-30-53)54-31-21-14-22-32-54/h11-22,25-44,47-48H,5-10,23-24,45-46H2,1-4H3. The van der Waals surface area contributed by atoms with Crippen LogP contribution in [-0.2, 0) is 9.59 Å². The molecule has 0 radical (unpaired) electrons. The van der Waals surface area contributed by atoms with Crippen molar-refractivity contribution in [2.75, 3.05) is 22.9 Å². The number of carbonyl (C=O) groups is 2. The van der Waals surface area contributed by atoms with Gasteiger partial charge in [-0.3, -0.25) is 9.59 Å². The van der Waals surface area contributed by atoms with E-state index in [0.29, 0.717) is 58.7 Å². The van der Waals surface area contributed by atoms with Crippen LogP contribution in [0.25, 0.3) is 34.0 Å². The summed E-state index contributed by atoms with van der Waals surface area (Å²) in [5.74, 6) is 2.39. The van der Waals surface area contributed by atoms with Crippen LogP contribution in [0.4, 0.5) is 34.1 Å². The zero-order valence-electron chi connectivity index (χ0n) is 43.1. The van der Waals surface area contributed by atoms with E-state index in [9.17, 15) is 0 Å². The molecule has 10 rings (SSSR count). The maximum Gasteiger partial charge on any atom is 0.261 e. The van der Waals surface area contributed by atoms with Gasteiger partial charge in [-0.25, -0.2) is 0 Å². The number of unbranched alkanes of at least 4 members (excludes halogenated alkanes) is 2. The van der Waals surface area contributed by atoms with Crippen molar-refractivity contribution in [3.8, 4) is 22.6 Å². The van der Waals surface area contributed by atoms with Crippen molar-refractivity contribution < 1.29 is 18.4 Å². The van der Waals surface area contributed by atoms with Crippen LogP contribution in [0.1, 0.15) is 90.6 Å². The Morgan fingerprint density at radius 3 is 0.973 bits per heavy atom. The fourth-order valence-electron chi connectivity index (χ4n) is 10.6. The molecule has 2 atom stereocenters. The van der Waals surface area contributed by atoms with E-state index in [1.54, 1.807) is 0 Å². The molecule has 4 heterocycles. The Morgan fingerprint density at radius 1 is 0.378 bits per heavy atom. The van der Waals surface area contributed by atoms with E-state index < -0.39 is 0 Å². The van der Waals surface area contributed by atoms with E-state index in [4.69, 9.17) is 8.83 Å². The molecule has 8 heteroatoms. The summed E-state index contributed by atoms with van der Waals surface area (Å²) in [4.78, 5) is 39.1. The second-order valence-corrected chi connectivity index (χ2v) is 19.5. The number of nitrogens with zero attached hydrogens (tertiary/aromatic N) is 4. The third-order valence-electron chi connectivity index (χ3n) is 14.7. The van der Waals surface area contributed by atoms with Crippen molar-refractivity contribution in [1.82, 2.24) is 9.80 Å². The van der Waals surface area contributed by atoms with E-state index in [-0.39, 0.29) is 23.7 Å². The molecule has 0 fully saturated rings. The van der Waals surface area contributed by atoms with Crippen molar-refractivity contribution in [2.24, 2.45) is 11.8 Å². The van der Waals surface area contributed by atoms with Gasteiger partial charge in [0.2, 0.25) is 0 Å². The number of carbonyl (C=O) groups excluding carboxylic acids is 2. The number of hydrogen-bond acceptors (Lipinski definition) is 6. The van der Waals surface area contributed by atoms with Crippen LogP contribution in [-0.4, -0.2) is 34.7 Å². The van der Waals surface area contributed by atoms with Gasteiger partial charge in [-0.05, 0) is 146 Å². The molecule has 8 aromatic rings. The first kappa shape index (κ1) is 49.5. The van der Waals surface area contributed by atoms with Crippen molar-refractivity contribution >= 4 is 57.3 Å². The van der Waals surface area contributed by atoms with E-state index >= 15 is 9.59 Å². The quantitative estimate of drug-likeness (QED) is 0.0674. The lowest BCUT2D eigenvalue weighted by atomic mass is 9.98. The average Bonchev–Trinajstić information content (AvgIpc) is 4.26. The summed E-state index contributed by atoms with van der Waals surface area (Å²) in [5, 5.41) is 0. The average molecular weight is 979 g/mol. The fraction of sp³-hybridized carbons (Fsp3) is 0.242. The summed E-state index contributed by atoms with van der Waals surface area (Å²) in [6, 6.07) is 65.9. The van der Waals surface area contributed by atoms with E-state index in [1.165, 1.54) is 0 Å². The first-order chi connectivity index (χ1) is 36.4. The summed E-state index contributed by atoms with van der Waals surface area (Å²) < 4.78 is 13.7. The highest BCUT2D eigenvalue weighted by Crippen LogP contribution is 2.49. The van der Waals surface area contributed by atoms with Crippen molar-refractivity contribution in [1.29, 1.82) is 0 Å². The Labute approximate surface area is 436 Å². The maximum atomic E-state index is 15.5. The summed E-state index contributed by atoms with van der Waals surface area (Å²) >= 11 is 0. The lowest BCUT2D eigenvalue weighted by Gasteiger charge is -2.28. The van der Waals surface area contributed by atoms with Gasteiger partial charge in [-0.2, -0.15) is 0 Å². The van der Waals surface area contributed by atoms with Crippen LogP contribution in [0.15, 0.2) is 214 Å². The zero-order chi connectivity index (χ0) is 51.0. The van der Waals surface area contributed by atoms with Gasteiger partial charge < -0.3 is 28.4 Å². The molecule has 2 aromatic heterocycles. The van der Waals surface area contributed by atoms with Gasteiger partial charge in [0.25, 0.3) is 11.8 Å². The Kier molecular flexibility index (Phi) is 15.2. The molecule has 0 saturated carbocycles. The lowest BCUT2D eigenvalue weighted by Crippen LogP contribution is -2.34. The number of benzene rings is 6. The van der Waals surface area contributed by atoms with Crippen LogP contribution in [0.3, 0.4) is 0 Å². The summed E-state index contributed by atoms with van der Waals surface area (Å²) in [6.45, 7) is 9.74. The van der Waals surface area contributed by atoms with Crippen LogP contribution < -0.4 is 9.80 Å². The Balaban J connectivity index is 1.04. The molecular formula is C66H66N4O4. The zero-order valence-corrected chi connectivity index (χ0v) is 43.1. The van der Waals surface area contributed by atoms with E-state index in [1.807, 2.05) is 107 Å². The molecule has 0 aliphatic carbocycles. The molecule has 74 heavy (non-hydrogen) atoms. The lowest BCUT2D eigenvalue weighted by molar-refractivity contribution is -0.124. The number of furan rings is 2. The minimum atomic E-state index is -0.189. The molecule has 6 aromatic carbocycles. The molecule has 0 saturated heterocycles. The second-order valence-electron chi connectivity index (χ2n) is 19.5. The number of para-hydroxylation sites is 4. The molecule has 0 bridgehead atoms. The Morgan fingerprint density at radius 2 is 0.676 bits per heavy atom. The number of amides is 2. The van der Waals surface area contributed by atoms with Gasteiger partial charge >= 0.3 is 0 Å². The molecule has 374 valence electrons. The number of hydrogen-bond donors (Lipinski definition) is 0. The van der Waals surface area contributed by atoms with Crippen molar-refractivity contribution in [3.05, 3.63) is 217 Å². The van der Waals surface area contributed by atoms with Gasteiger partial charge in [0.05, 0.1) is 11.1 Å².